The number of amides is 2. The number of hydrogen-bond acceptors (Lipinski definition) is 4. The van der Waals surface area contributed by atoms with Crippen molar-refractivity contribution in [3.63, 3.8) is 0 Å². The molecule has 3 unspecified atom stereocenters. The van der Waals surface area contributed by atoms with Gasteiger partial charge >= 0.3 is 5.97 Å². The molecule has 0 aromatic rings. The van der Waals surface area contributed by atoms with E-state index in [1.54, 1.807) is 0 Å². The van der Waals surface area contributed by atoms with Crippen LogP contribution in [0.25, 0.3) is 0 Å². The molecule has 0 aromatic carbocycles. The molecule has 1 aliphatic heterocycles. The first-order valence-electron chi connectivity index (χ1n) is 10.6. The van der Waals surface area contributed by atoms with Crippen LogP contribution in [0.4, 0.5) is 0 Å². The van der Waals surface area contributed by atoms with E-state index in [2.05, 4.69) is 31.4 Å². The number of rotatable bonds is 4. The second kappa shape index (κ2) is 7.89. The number of carboxylic acid groups (broad SMARTS) is 1. The first-order chi connectivity index (χ1) is 13.2. The molecule has 2 spiro atoms. The van der Waals surface area contributed by atoms with Gasteiger partial charge in [-0.2, -0.15) is 0 Å². The Labute approximate surface area is 175 Å². The Morgan fingerprint density at radius 3 is 2.00 bits per heavy atom. The van der Waals surface area contributed by atoms with E-state index in [1.807, 2.05) is 27.8 Å². The van der Waals surface area contributed by atoms with Crippen molar-refractivity contribution in [3.05, 3.63) is 0 Å². The van der Waals surface area contributed by atoms with E-state index in [9.17, 15) is 19.5 Å². The van der Waals surface area contributed by atoms with Crippen LogP contribution in [-0.2, 0) is 14.4 Å². The third-order valence-corrected chi connectivity index (χ3v) is 7.09. The molecule has 29 heavy (non-hydrogen) atoms. The molecule has 7 heteroatoms. The lowest BCUT2D eigenvalue weighted by Crippen LogP contribution is -2.55. The van der Waals surface area contributed by atoms with Crippen LogP contribution in [0.3, 0.4) is 0 Å². The van der Waals surface area contributed by atoms with E-state index < -0.39 is 23.5 Å². The first kappa shape index (κ1) is 23.6. The summed E-state index contributed by atoms with van der Waals surface area (Å²) in [5.41, 5.74) is 0.132. The molecule has 3 atom stereocenters. The summed E-state index contributed by atoms with van der Waals surface area (Å²) in [6.07, 6.45) is 5.68. The molecule has 2 amide bonds. The minimum atomic E-state index is -0.935. The predicted molar refractivity (Wildman–Crippen MR) is 112 cm³/mol. The van der Waals surface area contributed by atoms with E-state index in [-0.39, 0.29) is 11.3 Å². The van der Waals surface area contributed by atoms with Crippen LogP contribution in [0.5, 0.6) is 0 Å². The molecule has 7 nitrogen and oxygen atoms in total. The van der Waals surface area contributed by atoms with E-state index in [0.717, 1.165) is 19.3 Å². The van der Waals surface area contributed by atoms with E-state index in [4.69, 9.17) is 0 Å². The standard InChI is InChI=1S/C17H26N2O4.C5H13N/c1-15(2,3)12(18-10-20)13(21)19-9-17(7-11(19)14(22)23)8-16(17)5-4-6-16;1-5(2,3)6-4/h10-12H,4-9H2,1-3H3,(H,18,20)(H,22,23);6H,1-4H3. The zero-order chi connectivity index (χ0) is 22.3. The SMILES string of the molecule is CC(C)(C)C(NC=O)C(=O)N1CC2(CC1C(=O)O)CC21CCC1.CNC(C)(C)C. The fraction of sp³-hybridized carbons (Fsp3) is 0.864. The molecule has 3 fully saturated rings. The third-order valence-electron chi connectivity index (χ3n) is 7.09. The summed E-state index contributed by atoms with van der Waals surface area (Å²) in [5, 5.41) is 15.3. The number of fused-ring (bicyclic) bond motifs is 1. The second-order valence-electron chi connectivity index (χ2n) is 11.2. The van der Waals surface area contributed by atoms with E-state index in [0.29, 0.717) is 30.3 Å². The van der Waals surface area contributed by atoms with Gasteiger partial charge in [0.15, 0.2) is 0 Å². The summed E-state index contributed by atoms with van der Waals surface area (Å²) in [4.78, 5) is 37.1. The van der Waals surface area contributed by atoms with Crippen molar-refractivity contribution in [1.82, 2.24) is 15.5 Å². The van der Waals surface area contributed by atoms with Crippen molar-refractivity contribution in [2.24, 2.45) is 16.2 Å². The predicted octanol–water partition coefficient (Wildman–Crippen LogP) is 2.40. The van der Waals surface area contributed by atoms with Gasteiger partial charge in [0.05, 0.1) is 0 Å². The molecule has 2 aliphatic carbocycles. The highest BCUT2D eigenvalue weighted by molar-refractivity contribution is 5.89. The van der Waals surface area contributed by atoms with E-state index in [1.165, 1.54) is 11.3 Å². The van der Waals surface area contributed by atoms with Crippen LogP contribution in [-0.4, -0.2) is 59.5 Å². The van der Waals surface area contributed by atoms with Gasteiger partial charge in [0.1, 0.15) is 12.1 Å². The Hall–Kier alpha value is -1.63. The maximum atomic E-state index is 13.0. The van der Waals surface area contributed by atoms with Gasteiger partial charge in [-0.05, 0) is 69.7 Å². The van der Waals surface area contributed by atoms with Crippen LogP contribution >= 0.6 is 0 Å². The van der Waals surface area contributed by atoms with Crippen molar-refractivity contribution in [2.75, 3.05) is 13.6 Å². The van der Waals surface area contributed by atoms with Crippen LogP contribution < -0.4 is 10.6 Å². The van der Waals surface area contributed by atoms with Crippen molar-refractivity contribution in [2.45, 2.75) is 91.3 Å². The summed E-state index contributed by atoms with van der Waals surface area (Å²) in [7, 11) is 1.96. The third kappa shape index (κ3) is 4.76. The monoisotopic (exact) mass is 409 g/mol. The fourth-order valence-electron chi connectivity index (χ4n) is 4.79. The normalized spacial score (nSPS) is 28.2. The van der Waals surface area contributed by atoms with Crippen molar-refractivity contribution in [1.29, 1.82) is 0 Å². The summed E-state index contributed by atoms with van der Waals surface area (Å²) in [6, 6.07) is -1.46. The Morgan fingerprint density at radius 1 is 1.14 bits per heavy atom. The molecule has 166 valence electrons. The van der Waals surface area contributed by atoms with E-state index >= 15 is 0 Å². The maximum Gasteiger partial charge on any atom is 0.326 e. The summed E-state index contributed by atoms with van der Waals surface area (Å²) in [5.74, 6) is -1.20. The minimum Gasteiger partial charge on any atom is -0.480 e. The zero-order valence-electron chi connectivity index (χ0n) is 19.1. The molecular formula is C22H39N3O4. The van der Waals surface area contributed by atoms with Crippen molar-refractivity contribution in [3.8, 4) is 0 Å². The maximum absolute atomic E-state index is 13.0. The molecule has 3 N–H and O–H groups in total. The highest BCUT2D eigenvalue weighted by Gasteiger charge is 2.73. The lowest BCUT2D eigenvalue weighted by Gasteiger charge is -2.34. The van der Waals surface area contributed by atoms with Crippen molar-refractivity contribution < 1.29 is 19.5 Å². The average molecular weight is 410 g/mol. The first-order valence-corrected chi connectivity index (χ1v) is 10.6. The summed E-state index contributed by atoms with van der Waals surface area (Å²) < 4.78 is 0. The smallest absolute Gasteiger partial charge is 0.326 e. The number of carbonyl (C=O) groups is 3. The fourth-order valence-corrected chi connectivity index (χ4v) is 4.79. The molecule has 1 saturated heterocycles. The van der Waals surface area contributed by atoms with Crippen LogP contribution in [0, 0.1) is 16.2 Å². The highest BCUT2D eigenvalue weighted by Crippen LogP contribution is 2.77. The molecule has 0 bridgehead atoms. The lowest BCUT2D eigenvalue weighted by molar-refractivity contribution is -0.150. The molecular weight excluding hydrogens is 370 g/mol. The molecule has 2 saturated carbocycles. The number of nitrogens with zero attached hydrogens (tertiary/aromatic N) is 1. The van der Waals surface area contributed by atoms with Crippen LogP contribution in [0.1, 0.15) is 73.6 Å². The summed E-state index contributed by atoms with van der Waals surface area (Å²) in [6.45, 7) is 12.5. The average Bonchev–Trinajstić information content (AvgIpc) is 3.06. The topological polar surface area (TPSA) is 98.7 Å². The number of aliphatic carboxylic acids is 1. The second-order valence-corrected chi connectivity index (χ2v) is 11.2. The van der Waals surface area contributed by atoms with Gasteiger partial charge < -0.3 is 20.6 Å². The number of likely N-dealkylation sites (tertiary alicyclic amines) is 1. The Bertz CT molecular complexity index is 645. The van der Waals surface area contributed by atoms with Crippen LogP contribution in [0.2, 0.25) is 0 Å². The minimum absolute atomic E-state index is 0.00752. The quantitative estimate of drug-likeness (QED) is 0.619. The lowest BCUT2D eigenvalue weighted by atomic mass is 9.74. The van der Waals surface area contributed by atoms with Gasteiger partial charge in [-0.3, -0.25) is 9.59 Å². The molecule has 0 aromatic heterocycles. The number of hydrogen-bond donors (Lipinski definition) is 3. The van der Waals surface area contributed by atoms with Crippen molar-refractivity contribution >= 4 is 18.3 Å². The zero-order valence-corrected chi connectivity index (χ0v) is 19.1. The van der Waals surface area contributed by atoms with Gasteiger partial charge in [-0.15, -0.1) is 0 Å². The number of carboxylic acids is 1. The summed E-state index contributed by atoms with van der Waals surface area (Å²) >= 11 is 0. The Balaban J connectivity index is 0.000000438. The molecule has 0 radical (unpaired) electrons. The van der Waals surface area contributed by atoms with Gasteiger partial charge in [0, 0.05) is 12.1 Å². The number of nitrogens with one attached hydrogen (secondary N) is 2. The van der Waals surface area contributed by atoms with Gasteiger partial charge in [-0.1, -0.05) is 27.2 Å². The highest BCUT2D eigenvalue weighted by atomic mass is 16.4. The van der Waals surface area contributed by atoms with Gasteiger partial charge in [0.25, 0.3) is 0 Å². The Kier molecular flexibility index (Phi) is 6.44. The van der Waals surface area contributed by atoms with Crippen LogP contribution in [0.15, 0.2) is 0 Å². The van der Waals surface area contributed by atoms with Gasteiger partial charge in [0.2, 0.25) is 12.3 Å². The van der Waals surface area contributed by atoms with Gasteiger partial charge in [-0.25, -0.2) is 4.79 Å². The number of carbonyl (C=O) groups excluding carboxylic acids is 2. The largest absolute Gasteiger partial charge is 0.480 e. The molecule has 3 aliphatic rings. The Morgan fingerprint density at radius 2 is 1.69 bits per heavy atom. The molecule has 1 heterocycles. The molecule has 3 rings (SSSR count).